The molecule has 0 aliphatic carbocycles. The molecule has 0 spiro atoms. The molecule has 0 aliphatic heterocycles. The maximum Gasteiger partial charge on any atom is 0.138 e. The van der Waals surface area contributed by atoms with Crippen molar-refractivity contribution in [3.05, 3.63) is 60.2 Å². The Morgan fingerprint density at radius 3 is 1.31 bits per heavy atom. The Labute approximate surface area is 213 Å². The van der Waals surface area contributed by atoms with Crippen molar-refractivity contribution in [1.82, 2.24) is 9.97 Å². The number of carbonyl (C=O) groups is 2. The van der Waals surface area contributed by atoms with Crippen LogP contribution in [0.3, 0.4) is 0 Å². The molecule has 2 aromatic heterocycles. The van der Waals surface area contributed by atoms with E-state index in [1.54, 1.807) is 26.2 Å². The van der Waals surface area contributed by atoms with Crippen molar-refractivity contribution >= 4 is 23.0 Å². The molecule has 2 aromatic rings. The second kappa shape index (κ2) is 20.1. The number of aromatic nitrogens is 2. The van der Waals surface area contributed by atoms with Gasteiger partial charge in [0.1, 0.15) is 11.6 Å². The summed E-state index contributed by atoms with van der Waals surface area (Å²) in [5.41, 5.74) is 3.62. The number of aryl methyl sites for hydroxylation is 2. The maximum absolute atomic E-state index is 12.1. The third kappa shape index (κ3) is 13.1. The first-order chi connectivity index (χ1) is 15.4. The van der Waals surface area contributed by atoms with Crippen molar-refractivity contribution in [2.24, 2.45) is 21.8 Å². The number of hydrogen-bond donors (Lipinski definition) is 0. The molecule has 2 atom stereocenters. The van der Waals surface area contributed by atoms with Crippen LogP contribution in [-0.4, -0.2) is 68.0 Å². The van der Waals surface area contributed by atoms with E-state index in [1.165, 1.54) is 0 Å². The molecule has 0 saturated heterocycles. The Balaban J connectivity index is -0.00000272. The van der Waals surface area contributed by atoms with Gasteiger partial charge in [0.05, 0.1) is 24.9 Å². The number of aliphatic imine (C=N–C) groups is 2. The highest BCUT2D eigenvalue weighted by Crippen LogP contribution is 2.14. The fourth-order valence-electron chi connectivity index (χ4n) is 3.76. The minimum Gasteiger partial charge on any atom is -0.412 e. The molecule has 0 fully saturated rings. The zero-order chi connectivity index (χ0) is 23.3. The van der Waals surface area contributed by atoms with Crippen LogP contribution in [0.5, 0.6) is 0 Å². The lowest BCUT2D eigenvalue weighted by Gasteiger charge is -2.14. The first-order valence-electron chi connectivity index (χ1n) is 11.2. The predicted molar refractivity (Wildman–Crippen MR) is 144 cm³/mol. The lowest BCUT2D eigenvalue weighted by molar-refractivity contribution is -0.119. The predicted octanol–water partition coefficient (Wildman–Crippen LogP) is 1.08. The van der Waals surface area contributed by atoms with Crippen LogP contribution >= 0.6 is 0 Å². The molecule has 2 rings (SSSR count). The van der Waals surface area contributed by atoms with Crippen LogP contribution in [0.15, 0.2) is 58.8 Å². The van der Waals surface area contributed by atoms with Gasteiger partial charge in [-0.1, -0.05) is 12.1 Å². The molecule has 10 heteroatoms. The largest absolute Gasteiger partial charge is 0.412 e. The van der Waals surface area contributed by atoms with Crippen molar-refractivity contribution in [2.45, 2.75) is 53.4 Å². The highest BCUT2D eigenvalue weighted by atomic mass is 16.1. The summed E-state index contributed by atoms with van der Waals surface area (Å²) in [7, 11) is 0. The van der Waals surface area contributed by atoms with Crippen LogP contribution in [0.1, 0.15) is 51.9 Å². The quantitative estimate of drug-likeness (QED) is 0.288. The van der Waals surface area contributed by atoms with Crippen LogP contribution in [0.4, 0.5) is 0 Å². The molecule has 2 unspecified atom stereocenters. The Morgan fingerprint density at radius 2 is 1.03 bits per heavy atom. The fourth-order valence-corrected chi connectivity index (χ4v) is 3.76. The van der Waals surface area contributed by atoms with Crippen molar-refractivity contribution < 1.29 is 31.5 Å². The number of nitrogens with zero attached hydrogens (tertiary/aromatic N) is 4. The van der Waals surface area contributed by atoms with Gasteiger partial charge in [0.15, 0.2) is 0 Å². The van der Waals surface area contributed by atoms with Gasteiger partial charge < -0.3 is 21.9 Å². The summed E-state index contributed by atoms with van der Waals surface area (Å²) in [5, 5.41) is 0. The van der Waals surface area contributed by atoms with Gasteiger partial charge in [-0.25, -0.2) is 0 Å². The number of Topliss-reactive ketones (excluding diaryl/α,β-unsaturated/α-hetero) is 2. The molecule has 0 amide bonds. The number of pyridine rings is 2. The average Bonchev–Trinajstić information content (AvgIpc) is 2.78. The van der Waals surface area contributed by atoms with Gasteiger partial charge in [-0.15, -0.1) is 0 Å². The van der Waals surface area contributed by atoms with Crippen LogP contribution in [0.2, 0.25) is 0 Å². The fraction of sp³-hybridized carbons (Fsp3) is 0.462. The van der Waals surface area contributed by atoms with Gasteiger partial charge in [-0.05, 0) is 77.6 Å². The highest BCUT2D eigenvalue weighted by Gasteiger charge is 2.19. The van der Waals surface area contributed by atoms with E-state index in [9.17, 15) is 9.59 Å². The van der Waals surface area contributed by atoms with Crippen molar-refractivity contribution in [2.75, 3.05) is 13.1 Å². The third-order valence-electron chi connectivity index (χ3n) is 5.64. The normalized spacial score (nSPS) is 12.6. The maximum atomic E-state index is 12.1. The lowest BCUT2D eigenvalue weighted by Crippen LogP contribution is -2.22. The molecular formula is C26H42N4O6. The summed E-state index contributed by atoms with van der Waals surface area (Å²) >= 11 is 0. The number of rotatable bonds is 13. The highest BCUT2D eigenvalue weighted by molar-refractivity contribution is 6.03. The van der Waals surface area contributed by atoms with E-state index < -0.39 is 0 Å². The Hall–Kier alpha value is -3.18. The van der Waals surface area contributed by atoms with E-state index in [-0.39, 0.29) is 45.3 Å². The monoisotopic (exact) mass is 506 g/mol. The standard InChI is InChI=1S/C26H34N4O2.4H2O/c1-19(25(21(3)31)13-11-23-9-5-7-15-29-23)27-17-18-28-20(2)26(22(4)32)14-12-24-10-6-8-16-30-24;;;;/h5-10,15-16,25-26H,11-14,17-18H2,1-4H3;4*1H2. The molecule has 0 bridgehead atoms. The van der Waals surface area contributed by atoms with Gasteiger partial charge in [0.25, 0.3) is 0 Å². The van der Waals surface area contributed by atoms with E-state index in [1.807, 2.05) is 50.2 Å². The summed E-state index contributed by atoms with van der Waals surface area (Å²) < 4.78 is 0. The smallest absolute Gasteiger partial charge is 0.138 e. The molecule has 0 saturated carbocycles. The minimum atomic E-state index is -0.203. The second-order valence-electron chi connectivity index (χ2n) is 8.09. The average molecular weight is 507 g/mol. The molecule has 8 N–H and O–H groups in total. The van der Waals surface area contributed by atoms with E-state index in [0.717, 1.165) is 35.7 Å². The third-order valence-corrected chi connectivity index (χ3v) is 5.64. The van der Waals surface area contributed by atoms with Crippen molar-refractivity contribution in [3.8, 4) is 0 Å². The Bertz CT molecular complexity index is 858. The van der Waals surface area contributed by atoms with E-state index in [0.29, 0.717) is 25.9 Å². The van der Waals surface area contributed by atoms with Crippen LogP contribution < -0.4 is 0 Å². The van der Waals surface area contributed by atoms with E-state index in [2.05, 4.69) is 20.0 Å². The van der Waals surface area contributed by atoms with Crippen LogP contribution in [0.25, 0.3) is 0 Å². The topological polar surface area (TPSA) is 211 Å². The zero-order valence-electron chi connectivity index (χ0n) is 21.6. The molecular weight excluding hydrogens is 464 g/mol. The lowest BCUT2D eigenvalue weighted by atomic mass is 9.93. The number of ketones is 2. The van der Waals surface area contributed by atoms with Gasteiger partial charge in [-0.3, -0.25) is 29.5 Å². The Kier molecular flexibility index (Phi) is 20.8. The molecule has 202 valence electrons. The Morgan fingerprint density at radius 1 is 0.667 bits per heavy atom. The summed E-state index contributed by atoms with van der Waals surface area (Å²) in [6.45, 7) is 8.05. The minimum absolute atomic E-state index is 0. The number of carbonyl (C=O) groups excluding carboxylic acids is 2. The summed E-state index contributed by atoms with van der Waals surface area (Å²) in [6.07, 6.45) is 6.42. The van der Waals surface area contributed by atoms with Gasteiger partial charge in [-0.2, -0.15) is 0 Å². The SMILES string of the molecule is CC(=O)C(CCc1ccccn1)C(C)=NCCN=C(C)C(CCc1ccccn1)C(C)=O.O.O.O.O. The first-order valence-corrected chi connectivity index (χ1v) is 11.2. The van der Waals surface area contributed by atoms with Crippen LogP contribution in [0, 0.1) is 11.8 Å². The van der Waals surface area contributed by atoms with Gasteiger partial charge >= 0.3 is 0 Å². The molecule has 2 heterocycles. The van der Waals surface area contributed by atoms with Crippen molar-refractivity contribution in [1.29, 1.82) is 0 Å². The summed E-state index contributed by atoms with van der Waals surface area (Å²) in [4.78, 5) is 42.1. The van der Waals surface area contributed by atoms with Crippen molar-refractivity contribution in [3.63, 3.8) is 0 Å². The molecule has 0 aromatic carbocycles. The summed E-state index contributed by atoms with van der Waals surface area (Å²) in [6, 6.07) is 11.6. The number of hydrogen-bond acceptors (Lipinski definition) is 6. The van der Waals surface area contributed by atoms with E-state index >= 15 is 0 Å². The molecule has 10 nitrogen and oxygen atoms in total. The van der Waals surface area contributed by atoms with E-state index in [4.69, 9.17) is 0 Å². The zero-order valence-corrected chi connectivity index (χ0v) is 21.6. The summed E-state index contributed by atoms with van der Waals surface area (Å²) in [5.74, 6) is -0.170. The van der Waals surface area contributed by atoms with Gasteiger partial charge in [0.2, 0.25) is 0 Å². The van der Waals surface area contributed by atoms with Gasteiger partial charge in [0, 0.05) is 35.2 Å². The molecule has 0 radical (unpaired) electrons. The van der Waals surface area contributed by atoms with Crippen LogP contribution in [-0.2, 0) is 22.4 Å². The molecule has 0 aliphatic rings. The first kappa shape index (κ1) is 37.4. The molecule has 36 heavy (non-hydrogen) atoms. The second-order valence-corrected chi connectivity index (χ2v) is 8.09.